The van der Waals surface area contributed by atoms with E-state index >= 15 is 0 Å². The molecule has 0 unspecified atom stereocenters. The second kappa shape index (κ2) is 4.89. The van der Waals surface area contributed by atoms with Gasteiger partial charge in [0.05, 0.1) is 3.57 Å². The Morgan fingerprint density at radius 2 is 1.67 bits per heavy atom. The molecule has 90 valence electrons. The summed E-state index contributed by atoms with van der Waals surface area (Å²) in [5, 5.41) is 1.05. The molecule has 3 rings (SSSR count). The van der Waals surface area contributed by atoms with Crippen LogP contribution in [-0.2, 0) is 0 Å². The molecular weight excluding hydrogens is 569 g/mol. The van der Waals surface area contributed by atoms with Gasteiger partial charge in [-0.25, -0.2) is 0 Å². The summed E-state index contributed by atoms with van der Waals surface area (Å²) in [5.74, 6) is 0.684. The molecule has 0 aromatic heterocycles. The summed E-state index contributed by atoms with van der Waals surface area (Å²) in [6.45, 7) is 0. The maximum absolute atomic E-state index is 12.1. The van der Waals surface area contributed by atoms with Crippen molar-refractivity contribution >= 4 is 78.7 Å². The van der Waals surface area contributed by atoms with E-state index in [9.17, 15) is 4.79 Å². The second-order valence-electron chi connectivity index (χ2n) is 3.80. The van der Waals surface area contributed by atoms with E-state index in [0.717, 1.165) is 23.7 Å². The van der Waals surface area contributed by atoms with Gasteiger partial charge in [0.25, 0.3) is 0 Å². The molecule has 1 aromatic rings. The molecule has 1 heterocycles. The van der Waals surface area contributed by atoms with Gasteiger partial charge in [-0.1, -0.05) is 18.2 Å². The third kappa shape index (κ3) is 1.98. The van der Waals surface area contributed by atoms with Gasteiger partial charge in [-0.2, -0.15) is 0 Å². The fourth-order valence-electron chi connectivity index (χ4n) is 1.82. The Balaban J connectivity index is 2.58. The molecule has 5 heteroatoms. The summed E-state index contributed by atoms with van der Waals surface area (Å²) in [4.78, 5) is 12.1. The molecule has 0 saturated carbocycles. The largest absolute Gasteiger partial charge is 0.455 e. The van der Waals surface area contributed by atoms with Gasteiger partial charge in [0.15, 0.2) is 5.76 Å². The third-order valence-electron chi connectivity index (χ3n) is 2.70. The molecule has 0 fully saturated rings. The molecule has 0 bridgehead atoms. The van der Waals surface area contributed by atoms with Crippen LogP contribution >= 0.6 is 67.8 Å². The Bertz CT molecular complexity index is 792. The highest BCUT2D eigenvalue weighted by Crippen LogP contribution is 2.35. The summed E-state index contributed by atoms with van der Waals surface area (Å²) < 4.78 is 8.25. The highest BCUT2D eigenvalue weighted by atomic mass is 127. The number of hydrogen-bond donors (Lipinski definition) is 0. The maximum atomic E-state index is 12.1. The summed E-state index contributed by atoms with van der Waals surface area (Å²) in [5.41, 5.74) is 1.86. The van der Waals surface area contributed by atoms with Crippen LogP contribution in [0.25, 0.3) is 22.3 Å². The second-order valence-corrected chi connectivity index (χ2v) is 7.03. The van der Waals surface area contributed by atoms with Crippen molar-refractivity contribution in [3.63, 3.8) is 0 Å². The van der Waals surface area contributed by atoms with Gasteiger partial charge in [-0.05, 0) is 79.9 Å². The smallest absolute Gasteiger partial charge is 0.210 e. The van der Waals surface area contributed by atoms with Crippen LogP contribution in [-0.4, -0.2) is 0 Å². The molecule has 0 amide bonds. The first-order chi connectivity index (χ1) is 8.59. The van der Waals surface area contributed by atoms with E-state index in [1.807, 2.05) is 24.3 Å². The number of halogens is 3. The van der Waals surface area contributed by atoms with Gasteiger partial charge in [-0.15, -0.1) is 0 Å². The van der Waals surface area contributed by atoms with Crippen molar-refractivity contribution in [2.45, 2.75) is 0 Å². The number of para-hydroxylation sites is 1. The molecule has 0 saturated heterocycles. The molecule has 1 aliphatic heterocycles. The zero-order chi connectivity index (χ0) is 12.9. The van der Waals surface area contributed by atoms with E-state index in [1.54, 1.807) is 0 Å². The number of benzene rings is 2. The minimum Gasteiger partial charge on any atom is -0.455 e. The Kier molecular flexibility index (Phi) is 3.56. The fraction of sp³-hybridized carbons (Fsp3) is 0. The highest BCUT2D eigenvalue weighted by molar-refractivity contribution is 14.1. The molecule has 0 spiro atoms. The minimum absolute atomic E-state index is 0.0483. The molecule has 2 nitrogen and oxygen atoms in total. The topological polar surface area (TPSA) is 30.2 Å². The molecule has 1 aliphatic carbocycles. The molecule has 0 N–H and O–H groups in total. The maximum Gasteiger partial charge on any atom is 0.210 e. The number of rotatable bonds is 0. The summed E-state index contributed by atoms with van der Waals surface area (Å²) in [6.07, 6.45) is 0. The molecule has 2 aliphatic rings. The zero-order valence-electron chi connectivity index (χ0n) is 8.84. The molecule has 1 aromatic carbocycles. The predicted octanol–water partition coefficient (Wildman–Crippen LogP) is 4.71. The first-order valence-electron chi connectivity index (χ1n) is 5.08. The van der Waals surface area contributed by atoms with Crippen molar-refractivity contribution in [1.82, 2.24) is 0 Å². The van der Waals surface area contributed by atoms with Crippen LogP contribution in [0.3, 0.4) is 0 Å². The Hall–Kier alpha value is 0.100. The lowest BCUT2D eigenvalue weighted by atomic mass is 10.1. The third-order valence-corrected chi connectivity index (χ3v) is 6.86. The van der Waals surface area contributed by atoms with Crippen molar-refractivity contribution in [2.24, 2.45) is 0 Å². The van der Waals surface area contributed by atoms with E-state index < -0.39 is 0 Å². The first-order valence-corrected chi connectivity index (χ1v) is 8.32. The van der Waals surface area contributed by atoms with Gasteiger partial charge in [0, 0.05) is 14.5 Å². The van der Waals surface area contributed by atoms with Gasteiger partial charge < -0.3 is 4.42 Å². The zero-order valence-corrected chi connectivity index (χ0v) is 15.3. The van der Waals surface area contributed by atoms with Crippen LogP contribution in [0.2, 0.25) is 0 Å². The van der Waals surface area contributed by atoms with E-state index in [4.69, 9.17) is 4.42 Å². The lowest BCUT2D eigenvalue weighted by Gasteiger charge is -2.11. The fourth-order valence-corrected chi connectivity index (χ4v) is 4.21. The van der Waals surface area contributed by atoms with Crippen molar-refractivity contribution in [3.8, 4) is 11.3 Å². The highest BCUT2D eigenvalue weighted by Gasteiger charge is 2.20. The molecule has 18 heavy (non-hydrogen) atoms. The van der Waals surface area contributed by atoms with E-state index in [0.29, 0.717) is 9.33 Å². The van der Waals surface area contributed by atoms with Crippen LogP contribution in [0, 0.1) is 10.7 Å². The normalized spacial score (nSPS) is 11.3. The van der Waals surface area contributed by atoms with Crippen LogP contribution in [0.5, 0.6) is 0 Å². The Morgan fingerprint density at radius 1 is 0.944 bits per heavy atom. The van der Waals surface area contributed by atoms with Crippen LogP contribution in [0.1, 0.15) is 0 Å². The van der Waals surface area contributed by atoms with Gasteiger partial charge in [-0.3, -0.25) is 4.79 Å². The average Bonchev–Trinajstić information content (AvgIpc) is 2.41. The number of hydrogen-bond acceptors (Lipinski definition) is 2. The predicted molar refractivity (Wildman–Crippen MR) is 97.3 cm³/mol. The summed E-state index contributed by atoms with van der Waals surface area (Å²) in [6, 6.07) is 9.92. The SMILES string of the molecule is O=c1c(I)c2oc3ccccc3cc-2c(I)c1I. The molecule has 0 atom stereocenters. The van der Waals surface area contributed by atoms with Crippen LogP contribution in [0.15, 0.2) is 39.5 Å². The Labute approximate surface area is 144 Å². The van der Waals surface area contributed by atoms with Gasteiger partial charge in [0.2, 0.25) is 5.43 Å². The van der Waals surface area contributed by atoms with Crippen LogP contribution < -0.4 is 5.43 Å². The standard InChI is InChI=1S/C13H5I3O2/c14-9-7-5-6-3-1-2-4-8(6)18-13(7)11(16)12(17)10(9)15/h1-5H. The molecule has 0 radical (unpaired) electrons. The van der Waals surface area contributed by atoms with Gasteiger partial charge in [0.1, 0.15) is 9.15 Å². The monoisotopic (exact) mass is 574 g/mol. The quantitative estimate of drug-likeness (QED) is 0.222. The van der Waals surface area contributed by atoms with E-state index in [-0.39, 0.29) is 5.43 Å². The lowest BCUT2D eigenvalue weighted by molar-refractivity contribution is 0.614. The van der Waals surface area contributed by atoms with Crippen molar-refractivity contribution in [2.75, 3.05) is 0 Å². The van der Waals surface area contributed by atoms with Crippen molar-refractivity contribution in [1.29, 1.82) is 0 Å². The van der Waals surface area contributed by atoms with E-state index in [1.165, 1.54) is 0 Å². The summed E-state index contributed by atoms with van der Waals surface area (Å²) in [7, 11) is 0. The first kappa shape index (κ1) is 13.1. The number of fused-ring (bicyclic) bond motifs is 2. The minimum atomic E-state index is 0.0483. The van der Waals surface area contributed by atoms with Crippen molar-refractivity contribution in [3.05, 3.63) is 51.3 Å². The van der Waals surface area contributed by atoms with E-state index in [2.05, 4.69) is 73.8 Å². The van der Waals surface area contributed by atoms with Crippen LogP contribution in [0.4, 0.5) is 0 Å². The average molecular weight is 574 g/mol. The lowest BCUT2D eigenvalue weighted by Crippen LogP contribution is -2.14. The summed E-state index contributed by atoms with van der Waals surface area (Å²) >= 11 is 6.37. The van der Waals surface area contributed by atoms with Crippen molar-refractivity contribution < 1.29 is 4.42 Å². The van der Waals surface area contributed by atoms with Gasteiger partial charge >= 0.3 is 0 Å². The Morgan fingerprint density at radius 3 is 2.44 bits per heavy atom. The molecular formula is C13H5I3O2.